The molecule has 1 saturated heterocycles. The maximum atomic E-state index is 12.9. The highest BCUT2D eigenvalue weighted by molar-refractivity contribution is 6.47. The van der Waals surface area contributed by atoms with Crippen LogP contribution < -0.4 is 5.73 Å². The summed E-state index contributed by atoms with van der Waals surface area (Å²) >= 11 is 5.78. The number of nitrogens with two attached hydrogens (primary N) is 1. The summed E-state index contributed by atoms with van der Waals surface area (Å²) < 4.78 is 50.2. The molecule has 0 amide bonds. The van der Waals surface area contributed by atoms with Gasteiger partial charge in [0.1, 0.15) is 0 Å². The molecule has 1 heterocycles. The molecule has 1 aliphatic heterocycles. The minimum atomic E-state index is -4.49. The molecule has 0 aromatic heterocycles. The van der Waals surface area contributed by atoms with E-state index in [-0.39, 0.29) is 10.6 Å². The maximum absolute atomic E-state index is 12.9. The predicted molar refractivity (Wildman–Crippen MR) is 79.5 cm³/mol. The summed E-state index contributed by atoms with van der Waals surface area (Å²) in [7, 11) is -0.843. The van der Waals surface area contributed by atoms with Gasteiger partial charge in [0, 0.05) is 5.02 Å². The van der Waals surface area contributed by atoms with Crippen molar-refractivity contribution in [2.75, 3.05) is 0 Å². The second-order valence-electron chi connectivity index (χ2n) is 6.42. The summed E-state index contributed by atoms with van der Waals surface area (Å²) in [5.74, 6) is -0.874. The van der Waals surface area contributed by atoms with E-state index in [2.05, 4.69) is 0 Å². The lowest BCUT2D eigenvalue weighted by molar-refractivity contribution is -0.137. The number of alkyl halides is 3. The Kier molecular flexibility index (Phi) is 4.32. The summed E-state index contributed by atoms with van der Waals surface area (Å²) in [6.07, 6.45) is -4.49. The van der Waals surface area contributed by atoms with Crippen molar-refractivity contribution in [2.45, 2.75) is 51.0 Å². The molecular weight excluding hydrogens is 317 g/mol. The third-order valence-electron chi connectivity index (χ3n) is 4.20. The van der Waals surface area contributed by atoms with E-state index in [1.807, 2.05) is 27.7 Å². The average molecular weight is 336 g/mol. The van der Waals surface area contributed by atoms with Crippen molar-refractivity contribution in [3.8, 4) is 0 Å². The first-order valence-electron chi connectivity index (χ1n) is 6.82. The molecule has 0 radical (unpaired) electrons. The van der Waals surface area contributed by atoms with Crippen molar-refractivity contribution in [3.05, 3.63) is 34.3 Å². The zero-order valence-electron chi connectivity index (χ0n) is 12.8. The van der Waals surface area contributed by atoms with Gasteiger partial charge in [0.15, 0.2) is 0 Å². The molecule has 1 aromatic rings. The molecule has 1 aliphatic rings. The second kappa shape index (κ2) is 5.41. The van der Waals surface area contributed by atoms with Gasteiger partial charge in [-0.1, -0.05) is 11.6 Å². The van der Waals surface area contributed by atoms with Crippen LogP contribution in [0.25, 0.3) is 0 Å². The maximum Gasteiger partial charge on any atom is 0.480 e. The smallest absolute Gasteiger partial charge is 0.402 e. The van der Waals surface area contributed by atoms with Crippen LogP contribution >= 0.6 is 11.6 Å². The highest BCUT2D eigenvalue weighted by atomic mass is 35.5. The van der Waals surface area contributed by atoms with Crippen LogP contribution in [0.15, 0.2) is 18.2 Å². The van der Waals surface area contributed by atoms with E-state index in [4.69, 9.17) is 26.6 Å². The lowest BCUT2D eigenvalue weighted by Crippen LogP contribution is -2.41. The van der Waals surface area contributed by atoms with Crippen LogP contribution in [0.3, 0.4) is 0 Å². The van der Waals surface area contributed by atoms with Crippen molar-refractivity contribution in [1.82, 2.24) is 0 Å². The van der Waals surface area contributed by atoms with Crippen LogP contribution in [0.1, 0.15) is 44.8 Å². The first-order chi connectivity index (χ1) is 9.83. The largest absolute Gasteiger partial charge is 0.480 e. The number of hydrogen-bond acceptors (Lipinski definition) is 3. The zero-order valence-corrected chi connectivity index (χ0v) is 13.5. The molecule has 22 heavy (non-hydrogen) atoms. The molecule has 1 aromatic carbocycles. The van der Waals surface area contributed by atoms with Gasteiger partial charge in [0.25, 0.3) is 0 Å². The monoisotopic (exact) mass is 335 g/mol. The van der Waals surface area contributed by atoms with Gasteiger partial charge in [-0.2, -0.15) is 13.2 Å². The molecule has 0 bridgehead atoms. The van der Waals surface area contributed by atoms with E-state index >= 15 is 0 Å². The molecule has 0 unspecified atom stereocenters. The lowest BCUT2D eigenvalue weighted by atomic mass is 9.74. The van der Waals surface area contributed by atoms with Crippen LogP contribution in [0.5, 0.6) is 0 Å². The second-order valence-corrected chi connectivity index (χ2v) is 6.86. The minimum absolute atomic E-state index is 0.0307. The summed E-state index contributed by atoms with van der Waals surface area (Å²) in [6, 6.07) is 3.23. The quantitative estimate of drug-likeness (QED) is 0.831. The van der Waals surface area contributed by atoms with Crippen LogP contribution in [0, 0.1) is 0 Å². The Bertz CT molecular complexity index is 562. The SMILES string of the molecule is CC1(C)OB([C@H](N)c2cc(Cl)cc(C(F)(F)F)c2)OC1(C)C. The molecule has 1 fully saturated rings. The molecule has 122 valence electrons. The fourth-order valence-corrected chi connectivity index (χ4v) is 2.40. The third kappa shape index (κ3) is 3.27. The molecule has 2 N–H and O–H groups in total. The number of rotatable bonds is 2. The van der Waals surface area contributed by atoms with Gasteiger partial charge in [0.05, 0.1) is 22.7 Å². The van der Waals surface area contributed by atoms with Gasteiger partial charge in [-0.15, -0.1) is 0 Å². The number of benzene rings is 1. The predicted octanol–water partition coefficient (Wildman–Crippen LogP) is 3.99. The summed E-state index contributed by atoms with van der Waals surface area (Å²) in [4.78, 5) is 0. The third-order valence-corrected chi connectivity index (χ3v) is 4.42. The average Bonchev–Trinajstić information content (AvgIpc) is 2.55. The summed E-state index contributed by atoms with van der Waals surface area (Å²) in [6.45, 7) is 7.38. The first-order valence-corrected chi connectivity index (χ1v) is 7.20. The first kappa shape index (κ1) is 17.6. The Hall–Kier alpha value is -0.755. The van der Waals surface area contributed by atoms with E-state index < -0.39 is 36.0 Å². The number of hydrogen-bond donors (Lipinski definition) is 1. The molecule has 1 atom stereocenters. The number of halogens is 4. The Labute approximate surface area is 133 Å². The van der Waals surface area contributed by atoms with Crippen molar-refractivity contribution in [2.24, 2.45) is 5.73 Å². The minimum Gasteiger partial charge on any atom is -0.402 e. The van der Waals surface area contributed by atoms with Crippen LogP contribution in [0.2, 0.25) is 5.02 Å². The Balaban J connectivity index is 2.32. The van der Waals surface area contributed by atoms with Crippen molar-refractivity contribution in [3.63, 3.8) is 0 Å². The van der Waals surface area contributed by atoms with E-state index in [0.29, 0.717) is 0 Å². The fourth-order valence-electron chi connectivity index (χ4n) is 2.16. The van der Waals surface area contributed by atoms with Gasteiger partial charge in [-0.25, -0.2) is 0 Å². The van der Waals surface area contributed by atoms with Crippen molar-refractivity contribution in [1.29, 1.82) is 0 Å². The molecule has 0 saturated carbocycles. The zero-order chi connectivity index (χ0) is 16.9. The molecule has 0 aliphatic carbocycles. The van der Waals surface area contributed by atoms with Gasteiger partial charge < -0.3 is 15.0 Å². The van der Waals surface area contributed by atoms with E-state index in [0.717, 1.165) is 12.1 Å². The van der Waals surface area contributed by atoms with Gasteiger partial charge in [-0.3, -0.25) is 0 Å². The highest BCUT2D eigenvalue weighted by Gasteiger charge is 2.53. The molecular formula is C14H18BClF3NO2. The van der Waals surface area contributed by atoms with Gasteiger partial charge in [0.2, 0.25) is 0 Å². The molecule has 0 spiro atoms. The van der Waals surface area contributed by atoms with Crippen LogP contribution in [-0.4, -0.2) is 18.3 Å². The summed E-state index contributed by atoms with van der Waals surface area (Å²) in [5.41, 5.74) is 4.20. The Morgan fingerprint density at radius 2 is 1.59 bits per heavy atom. The Morgan fingerprint density at radius 3 is 2.05 bits per heavy atom. The molecule has 8 heteroatoms. The van der Waals surface area contributed by atoms with E-state index in [1.54, 1.807) is 0 Å². The van der Waals surface area contributed by atoms with Crippen molar-refractivity contribution < 1.29 is 22.5 Å². The summed E-state index contributed by atoms with van der Waals surface area (Å²) in [5, 5.41) is -0.0307. The highest BCUT2D eigenvalue weighted by Crippen LogP contribution is 2.40. The fraction of sp³-hybridized carbons (Fsp3) is 0.571. The molecule has 2 rings (SSSR count). The van der Waals surface area contributed by atoms with Crippen LogP contribution in [0.4, 0.5) is 13.2 Å². The van der Waals surface area contributed by atoms with Crippen LogP contribution in [-0.2, 0) is 15.5 Å². The normalized spacial score (nSPS) is 22.0. The van der Waals surface area contributed by atoms with Gasteiger partial charge >= 0.3 is 13.3 Å². The lowest BCUT2D eigenvalue weighted by Gasteiger charge is -2.32. The van der Waals surface area contributed by atoms with Crippen molar-refractivity contribution >= 4 is 18.7 Å². The standard InChI is InChI=1S/C14H18BClF3NO2/c1-12(2)13(3,4)22-15(21-12)11(20)8-5-9(14(17,18)19)7-10(16)6-8/h5-7,11H,20H2,1-4H3/t11-/m1/s1. The molecule has 3 nitrogen and oxygen atoms in total. The Morgan fingerprint density at radius 1 is 1.09 bits per heavy atom. The van der Waals surface area contributed by atoms with E-state index in [1.165, 1.54) is 6.07 Å². The van der Waals surface area contributed by atoms with Gasteiger partial charge in [-0.05, 0) is 51.5 Å². The van der Waals surface area contributed by atoms with E-state index in [9.17, 15) is 13.2 Å². The topological polar surface area (TPSA) is 44.5 Å².